The maximum atomic E-state index is 13.9. The molecule has 1 aromatic carbocycles. The van der Waals surface area contributed by atoms with Crippen molar-refractivity contribution < 1.29 is 9.18 Å². The lowest BCUT2D eigenvalue weighted by Gasteiger charge is -2.18. The molecule has 2 aromatic rings. The molecule has 1 aliphatic rings. The van der Waals surface area contributed by atoms with Gasteiger partial charge >= 0.3 is 0 Å². The molecule has 0 radical (unpaired) electrons. The smallest absolute Gasteiger partial charge is 0.257 e. The van der Waals surface area contributed by atoms with E-state index in [0.29, 0.717) is 17.8 Å². The minimum absolute atomic E-state index is 0.0101. The zero-order chi connectivity index (χ0) is 17.3. The number of benzene rings is 1. The Hall–Kier alpha value is -2.21. The first-order valence-corrected chi connectivity index (χ1v) is 8.18. The van der Waals surface area contributed by atoms with E-state index in [0.717, 1.165) is 25.0 Å². The van der Waals surface area contributed by atoms with E-state index in [1.54, 1.807) is 13.0 Å². The van der Waals surface area contributed by atoms with Crippen LogP contribution in [-0.2, 0) is 24.2 Å². The number of aromatic nitrogens is 2. The van der Waals surface area contributed by atoms with Gasteiger partial charge in [0.05, 0.1) is 16.4 Å². The summed E-state index contributed by atoms with van der Waals surface area (Å²) in [6.07, 6.45) is 3.46. The lowest BCUT2D eigenvalue weighted by atomic mass is 9.97. The van der Waals surface area contributed by atoms with Crippen LogP contribution in [-0.4, -0.2) is 15.5 Å². The molecule has 1 aromatic heterocycles. The van der Waals surface area contributed by atoms with Gasteiger partial charge < -0.3 is 5.32 Å². The van der Waals surface area contributed by atoms with Crippen LogP contribution in [0.2, 0.25) is 5.02 Å². The van der Waals surface area contributed by atoms with Gasteiger partial charge in [-0.15, -0.1) is 0 Å². The number of carbonyl (C=O) groups excluding carboxylic acids is 1. The van der Waals surface area contributed by atoms with Crippen molar-refractivity contribution in [3.05, 3.63) is 56.5 Å². The van der Waals surface area contributed by atoms with Gasteiger partial charge in [0.1, 0.15) is 12.4 Å². The minimum Gasteiger partial charge on any atom is -0.322 e. The number of aryl methyl sites for hydroxylation is 2. The second kappa shape index (κ2) is 6.73. The first kappa shape index (κ1) is 16.6. The molecule has 0 saturated carbocycles. The van der Waals surface area contributed by atoms with Gasteiger partial charge in [-0.3, -0.25) is 14.2 Å². The van der Waals surface area contributed by atoms with Crippen molar-refractivity contribution in [2.24, 2.45) is 0 Å². The van der Waals surface area contributed by atoms with Gasteiger partial charge in [-0.2, -0.15) is 0 Å². The highest BCUT2D eigenvalue weighted by atomic mass is 35.5. The van der Waals surface area contributed by atoms with Gasteiger partial charge in [-0.25, -0.2) is 9.37 Å². The summed E-state index contributed by atoms with van der Waals surface area (Å²) in [5.41, 5.74) is 1.33. The van der Waals surface area contributed by atoms with Gasteiger partial charge in [-0.1, -0.05) is 17.7 Å². The molecule has 0 saturated heterocycles. The van der Waals surface area contributed by atoms with Crippen molar-refractivity contribution in [2.45, 2.75) is 39.2 Å². The first-order valence-electron chi connectivity index (χ1n) is 7.80. The summed E-state index contributed by atoms with van der Waals surface area (Å²) in [6, 6.07) is 4.35. The fourth-order valence-electron chi connectivity index (χ4n) is 2.93. The van der Waals surface area contributed by atoms with Gasteiger partial charge in [-0.05, 0) is 44.7 Å². The molecule has 5 nitrogen and oxygen atoms in total. The molecule has 0 unspecified atom stereocenters. The predicted octanol–water partition coefficient (Wildman–Crippen LogP) is 2.86. The van der Waals surface area contributed by atoms with Gasteiger partial charge in [0.15, 0.2) is 5.82 Å². The Labute approximate surface area is 143 Å². The lowest BCUT2D eigenvalue weighted by molar-refractivity contribution is -0.116. The fourth-order valence-corrected chi connectivity index (χ4v) is 3.10. The van der Waals surface area contributed by atoms with Crippen LogP contribution < -0.4 is 10.9 Å². The van der Waals surface area contributed by atoms with Crippen molar-refractivity contribution in [2.75, 3.05) is 5.32 Å². The molecule has 7 heteroatoms. The van der Waals surface area contributed by atoms with E-state index in [-0.39, 0.29) is 22.8 Å². The zero-order valence-corrected chi connectivity index (χ0v) is 14.0. The molecule has 1 heterocycles. The third kappa shape index (κ3) is 3.19. The number of hydrogen-bond donors (Lipinski definition) is 1. The van der Waals surface area contributed by atoms with Crippen LogP contribution in [0.1, 0.15) is 29.9 Å². The van der Waals surface area contributed by atoms with Crippen molar-refractivity contribution >= 4 is 23.2 Å². The quantitative estimate of drug-likeness (QED) is 0.926. The molecule has 1 amide bonds. The van der Waals surface area contributed by atoms with E-state index < -0.39 is 11.7 Å². The van der Waals surface area contributed by atoms with Gasteiger partial charge in [0, 0.05) is 5.56 Å². The van der Waals surface area contributed by atoms with Crippen LogP contribution in [0.15, 0.2) is 23.0 Å². The maximum Gasteiger partial charge on any atom is 0.257 e. The number of anilines is 1. The number of nitrogens with one attached hydrogen (secondary N) is 1. The number of hydrogen-bond acceptors (Lipinski definition) is 3. The molecule has 0 aliphatic heterocycles. The number of nitrogens with zero attached hydrogens (tertiary/aromatic N) is 2. The van der Waals surface area contributed by atoms with E-state index >= 15 is 0 Å². The number of rotatable bonds is 3. The molecule has 1 N–H and O–H groups in total. The normalized spacial score (nSPS) is 13.5. The zero-order valence-electron chi connectivity index (χ0n) is 13.2. The molecular formula is C17H17ClFN3O2. The molecule has 24 heavy (non-hydrogen) atoms. The lowest BCUT2D eigenvalue weighted by Crippen LogP contribution is -2.34. The molecule has 126 valence electrons. The third-order valence-corrected chi connectivity index (χ3v) is 4.45. The highest BCUT2D eigenvalue weighted by Gasteiger charge is 2.19. The highest BCUT2D eigenvalue weighted by Crippen LogP contribution is 2.22. The van der Waals surface area contributed by atoms with Crippen LogP contribution in [0.25, 0.3) is 0 Å². The molecular weight excluding hydrogens is 333 g/mol. The van der Waals surface area contributed by atoms with Gasteiger partial charge in [0.2, 0.25) is 5.91 Å². The average molecular weight is 350 g/mol. The summed E-state index contributed by atoms with van der Waals surface area (Å²) in [7, 11) is 0. The van der Waals surface area contributed by atoms with E-state index in [4.69, 9.17) is 11.6 Å². The Kier molecular flexibility index (Phi) is 4.66. The second-order valence-corrected chi connectivity index (χ2v) is 6.24. The Morgan fingerprint density at radius 2 is 2.12 bits per heavy atom. The number of carbonyl (C=O) groups is 1. The van der Waals surface area contributed by atoms with Crippen molar-refractivity contribution in [3.63, 3.8) is 0 Å². The van der Waals surface area contributed by atoms with Crippen LogP contribution in [0.4, 0.5) is 10.1 Å². The Morgan fingerprint density at radius 1 is 1.38 bits per heavy atom. The summed E-state index contributed by atoms with van der Waals surface area (Å²) < 4.78 is 15.2. The molecule has 0 fully saturated rings. The van der Waals surface area contributed by atoms with E-state index in [1.807, 2.05) is 0 Å². The van der Waals surface area contributed by atoms with Crippen molar-refractivity contribution in [3.8, 4) is 0 Å². The van der Waals surface area contributed by atoms with Crippen LogP contribution in [0, 0.1) is 12.7 Å². The van der Waals surface area contributed by atoms with Crippen molar-refractivity contribution in [1.82, 2.24) is 9.55 Å². The molecule has 0 bridgehead atoms. The van der Waals surface area contributed by atoms with Gasteiger partial charge in [0.25, 0.3) is 5.56 Å². The number of fused-ring (bicyclic) bond motifs is 1. The maximum absolute atomic E-state index is 13.9. The SMILES string of the molecule is Cc1nc2c(c(=O)n1CC(=O)Nc1cccc(Cl)c1F)CCCC2. The van der Waals surface area contributed by atoms with Crippen molar-refractivity contribution in [1.29, 1.82) is 0 Å². The van der Waals surface area contributed by atoms with Crippen LogP contribution in [0.3, 0.4) is 0 Å². The van der Waals surface area contributed by atoms with Crippen LogP contribution >= 0.6 is 11.6 Å². The third-order valence-electron chi connectivity index (χ3n) is 4.16. The molecule has 3 rings (SSSR count). The summed E-state index contributed by atoms with van der Waals surface area (Å²) in [5, 5.41) is 2.38. The monoisotopic (exact) mass is 349 g/mol. The van der Waals surface area contributed by atoms with E-state index in [9.17, 15) is 14.0 Å². The van der Waals surface area contributed by atoms with Crippen LogP contribution in [0.5, 0.6) is 0 Å². The Bertz CT molecular complexity index is 864. The van der Waals surface area contributed by atoms with E-state index in [1.165, 1.54) is 16.7 Å². The topological polar surface area (TPSA) is 64.0 Å². The van der Waals surface area contributed by atoms with E-state index in [2.05, 4.69) is 10.3 Å². The second-order valence-electron chi connectivity index (χ2n) is 5.83. The standard InChI is InChI=1S/C17H17ClFN3O2/c1-10-20-13-7-3-2-5-11(13)17(24)22(10)9-15(23)21-14-8-4-6-12(18)16(14)19/h4,6,8H,2-3,5,7,9H2,1H3,(H,21,23). The minimum atomic E-state index is -0.694. The first-order chi connectivity index (χ1) is 11.5. The predicted molar refractivity (Wildman–Crippen MR) is 89.9 cm³/mol. The summed E-state index contributed by atoms with van der Waals surface area (Å²) >= 11 is 5.70. The molecule has 1 aliphatic carbocycles. The summed E-state index contributed by atoms with van der Waals surface area (Å²) in [6.45, 7) is 1.49. The Morgan fingerprint density at radius 3 is 2.92 bits per heavy atom. The fraction of sp³-hybridized carbons (Fsp3) is 0.353. The highest BCUT2D eigenvalue weighted by molar-refractivity contribution is 6.31. The summed E-state index contributed by atoms with van der Waals surface area (Å²) in [4.78, 5) is 29.3. The number of amides is 1. The molecule has 0 atom stereocenters. The largest absolute Gasteiger partial charge is 0.322 e. The average Bonchev–Trinajstić information content (AvgIpc) is 2.56. The number of halogens is 2. The Balaban J connectivity index is 1.85. The molecule has 0 spiro atoms. The summed E-state index contributed by atoms with van der Waals surface area (Å²) in [5.74, 6) is -0.707.